The SMILES string of the molecule is Cc1[c]ccc(OC(=O)c2ccccc2)c1. The van der Waals surface area contributed by atoms with Crippen molar-refractivity contribution in [2.45, 2.75) is 6.92 Å². The number of rotatable bonds is 2. The lowest BCUT2D eigenvalue weighted by atomic mass is 10.2. The van der Waals surface area contributed by atoms with Crippen LogP contribution in [0.25, 0.3) is 0 Å². The van der Waals surface area contributed by atoms with E-state index in [1.807, 2.05) is 13.0 Å². The lowest BCUT2D eigenvalue weighted by Gasteiger charge is -2.04. The van der Waals surface area contributed by atoms with Gasteiger partial charge in [-0.05, 0) is 42.8 Å². The zero-order valence-electron chi connectivity index (χ0n) is 8.94. The van der Waals surface area contributed by atoms with E-state index < -0.39 is 0 Å². The first-order valence-electron chi connectivity index (χ1n) is 5.01. The fraction of sp³-hybridized carbons (Fsp3) is 0.0714. The largest absolute Gasteiger partial charge is 0.423 e. The molecular formula is C14H11O2. The van der Waals surface area contributed by atoms with Crippen LogP contribution in [-0.2, 0) is 0 Å². The van der Waals surface area contributed by atoms with Gasteiger partial charge in [-0.2, -0.15) is 0 Å². The van der Waals surface area contributed by atoms with Crippen LogP contribution in [0.5, 0.6) is 5.75 Å². The summed E-state index contributed by atoms with van der Waals surface area (Å²) in [7, 11) is 0. The summed E-state index contributed by atoms with van der Waals surface area (Å²) in [6.45, 7) is 1.90. The van der Waals surface area contributed by atoms with Gasteiger partial charge >= 0.3 is 5.97 Å². The highest BCUT2D eigenvalue weighted by molar-refractivity contribution is 5.90. The third-order valence-electron chi connectivity index (χ3n) is 2.14. The van der Waals surface area contributed by atoms with Crippen molar-refractivity contribution in [3.05, 3.63) is 65.7 Å². The van der Waals surface area contributed by atoms with Crippen molar-refractivity contribution in [2.24, 2.45) is 0 Å². The average Bonchev–Trinajstić information content (AvgIpc) is 2.30. The van der Waals surface area contributed by atoms with E-state index in [1.54, 1.807) is 42.5 Å². The average molecular weight is 211 g/mol. The van der Waals surface area contributed by atoms with E-state index in [0.29, 0.717) is 11.3 Å². The summed E-state index contributed by atoms with van der Waals surface area (Å²) in [4.78, 5) is 11.7. The summed E-state index contributed by atoms with van der Waals surface area (Å²) >= 11 is 0. The fourth-order valence-electron chi connectivity index (χ4n) is 1.36. The normalized spacial score (nSPS) is 9.81. The third kappa shape index (κ3) is 2.48. The molecule has 0 saturated carbocycles. The molecule has 2 aromatic rings. The predicted molar refractivity (Wildman–Crippen MR) is 61.4 cm³/mol. The first-order valence-corrected chi connectivity index (χ1v) is 5.01. The van der Waals surface area contributed by atoms with Crippen molar-refractivity contribution in [1.29, 1.82) is 0 Å². The summed E-state index contributed by atoms with van der Waals surface area (Å²) in [5.74, 6) is 0.205. The molecule has 0 spiro atoms. The molecule has 0 unspecified atom stereocenters. The Bertz CT molecular complexity index is 489. The summed E-state index contributed by atoms with van der Waals surface area (Å²) in [6.07, 6.45) is 0. The summed E-state index contributed by atoms with van der Waals surface area (Å²) in [5.41, 5.74) is 1.49. The number of hydrogen-bond acceptors (Lipinski definition) is 2. The molecular weight excluding hydrogens is 200 g/mol. The maximum atomic E-state index is 11.7. The summed E-state index contributed by atoms with van der Waals surface area (Å²) in [5, 5.41) is 0. The molecule has 0 fully saturated rings. The van der Waals surface area contributed by atoms with Gasteiger partial charge in [0.1, 0.15) is 5.75 Å². The Morgan fingerprint density at radius 3 is 2.62 bits per heavy atom. The number of carbonyl (C=O) groups excluding carboxylic acids is 1. The van der Waals surface area contributed by atoms with Gasteiger partial charge in [-0.15, -0.1) is 0 Å². The Morgan fingerprint density at radius 1 is 1.19 bits per heavy atom. The van der Waals surface area contributed by atoms with E-state index >= 15 is 0 Å². The molecule has 79 valence electrons. The lowest BCUT2D eigenvalue weighted by molar-refractivity contribution is 0.0734. The first kappa shape index (κ1) is 10.4. The smallest absolute Gasteiger partial charge is 0.343 e. The molecule has 0 amide bonds. The van der Waals surface area contributed by atoms with Gasteiger partial charge in [0.25, 0.3) is 0 Å². The van der Waals surface area contributed by atoms with Crippen molar-refractivity contribution >= 4 is 5.97 Å². The highest BCUT2D eigenvalue weighted by atomic mass is 16.5. The monoisotopic (exact) mass is 211 g/mol. The Labute approximate surface area is 94.5 Å². The van der Waals surface area contributed by atoms with Crippen LogP contribution in [0.4, 0.5) is 0 Å². The third-order valence-corrected chi connectivity index (χ3v) is 2.14. The van der Waals surface area contributed by atoms with E-state index in [1.165, 1.54) is 0 Å². The second kappa shape index (κ2) is 4.62. The highest BCUT2D eigenvalue weighted by Crippen LogP contribution is 2.14. The zero-order valence-corrected chi connectivity index (χ0v) is 8.94. The minimum atomic E-state index is -0.341. The van der Waals surface area contributed by atoms with Crippen LogP contribution in [0.15, 0.2) is 48.5 Å². The van der Waals surface area contributed by atoms with Crippen LogP contribution < -0.4 is 4.74 Å². The molecule has 0 atom stereocenters. The second-order valence-corrected chi connectivity index (χ2v) is 3.46. The quantitative estimate of drug-likeness (QED) is 0.563. The summed E-state index contributed by atoms with van der Waals surface area (Å²) < 4.78 is 5.22. The molecule has 0 heterocycles. The number of esters is 1. The van der Waals surface area contributed by atoms with Gasteiger partial charge in [0.15, 0.2) is 0 Å². The Balaban J connectivity index is 2.14. The molecule has 0 aliphatic heterocycles. The predicted octanol–water partition coefficient (Wildman–Crippen LogP) is 3.01. The van der Waals surface area contributed by atoms with Gasteiger partial charge in [-0.25, -0.2) is 4.79 Å². The van der Waals surface area contributed by atoms with E-state index in [4.69, 9.17) is 4.74 Å². The molecule has 1 radical (unpaired) electrons. The molecule has 2 heteroatoms. The number of ether oxygens (including phenoxy) is 1. The summed E-state index contributed by atoms with van der Waals surface area (Å²) in [6, 6.07) is 17.2. The van der Waals surface area contributed by atoms with Gasteiger partial charge in [-0.1, -0.05) is 24.3 Å². The number of aryl methyl sites for hydroxylation is 1. The van der Waals surface area contributed by atoms with Crippen molar-refractivity contribution in [3.63, 3.8) is 0 Å². The van der Waals surface area contributed by atoms with E-state index in [2.05, 4.69) is 6.07 Å². The lowest BCUT2D eigenvalue weighted by Crippen LogP contribution is -2.08. The Morgan fingerprint density at radius 2 is 1.94 bits per heavy atom. The number of hydrogen-bond donors (Lipinski definition) is 0. The minimum Gasteiger partial charge on any atom is -0.423 e. The standard InChI is InChI=1S/C14H11O2/c1-11-6-5-9-13(10-11)16-14(15)12-7-3-2-4-8-12/h2-5,7-10H,1H3. The molecule has 0 bridgehead atoms. The highest BCUT2D eigenvalue weighted by Gasteiger charge is 2.07. The van der Waals surface area contributed by atoms with Crippen LogP contribution in [-0.4, -0.2) is 5.97 Å². The zero-order chi connectivity index (χ0) is 11.4. The molecule has 0 aliphatic rings. The molecule has 0 aliphatic carbocycles. The molecule has 0 saturated heterocycles. The fourth-order valence-corrected chi connectivity index (χ4v) is 1.36. The van der Waals surface area contributed by atoms with Crippen molar-refractivity contribution in [2.75, 3.05) is 0 Å². The van der Waals surface area contributed by atoms with Crippen LogP contribution >= 0.6 is 0 Å². The van der Waals surface area contributed by atoms with Gasteiger partial charge in [-0.3, -0.25) is 0 Å². The van der Waals surface area contributed by atoms with Gasteiger partial charge < -0.3 is 4.74 Å². The van der Waals surface area contributed by atoms with Crippen LogP contribution in [0.2, 0.25) is 0 Å². The first-order chi connectivity index (χ1) is 7.75. The Hall–Kier alpha value is -2.09. The van der Waals surface area contributed by atoms with Gasteiger partial charge in [0, 0.05) is 0 Å². The molecule has 2 nitrogen and oxygen atoms in total. The Kier molecular flexibility index (Phi) is 3.01. The van der Waals surface area contributed by atoms with Crippen molar-refractivity contribution < 1.29 is 9.53 Å². The maximum absolute atomic E-state index is 11.7. The second-order valence-electron chi connectivity index (χ2n) is 3.46. The van der Waals surface area contributed by atoms with Crippen LogP contribution in [0, 0.1) is 13.0 Å². The van der Waals surface area contributed by atoms with Crippen LogP contribution in [0.3, 0.4) is 0 Å². The molecule has 0 N–H and O–H groups in total. The molecule has 2 aromatic carbocycles. The van der Waals surface area contributed by atoms with Gasteiger partial charge in [0.2, 0.25) is 0 Å². The van der Waals surface area contributed by atoms with Crippen LogP contribution in [0.1, 0.15) is 15.9 Å². The van der Waals surface area contributed by atoms with Gasteiger partial charge in [0.05, 0.1) is 5.56 Å². The van der Waals surface area contributed by atoms with Crippen molar-refractivity contribution in [1.82, 2.24) is 0 Å². The van der Waals surface area contributed by atoms with Crippen molar-refractivity contribution in [3.8, 4) is 5.75 Å². The molecule has 2 rings (SSSR count). The molecule has 16 heavy (non-hydrogen) atoms. The van der Waals surface area contributed by atoms with E-state index in [0.717, 1.165) is 5.56 Å². The minimum absolute atomic E-state index is 0.341. The topological polar surface area (TPSA) is 26.3 Å². The van der Waals surface area contributed by atoms with E-state index in [-0.39, 0.29) is 5.97 Å². The van der Waals surface area contributed by atoms with E-state index in [9.17, 15) is 4.79 Å². The maximum Gasteiger partial charge on any atom is 0.343 e. The number of benzene rings is 2. The number of carbonyl (C=O) groups is 1. The molecule has 0 aromatic heterocycles.